The maximum absolute atomic E-state index is 2.40. The molecular formula is C11H20. The highest BCUT2D eigenvalue weighted by Gasteiger charge is 2.25. The predicted molar refractivity (Wildman–Crippen MR) is 50.5 cm³/mol. The predicted octanol–water partition coefficient (Wildman–Crippen LogP) is 3.63. The molecule has 0 amide bonds. The Hall–Kier alpha value is -0.260. The largest absolute Gasteiger partial charge is 0.0880 e. The molecule has 0 N–H and O–H groups in total. The van der Waals surface area contributed by atoms with Gasteiger partial charge in [-0.15, -0.1) is 0 Å². The van der Waals surface area contributed by atoms with Gasteiger partial charge in [0.25, 0.3) is 0 Å². The van der Waals surface area contributed by atoms with E-state index in [-0.39, 0.29) is 0 Å². The first-order chi connectivity index (χ1) is 5.00. The maximum atomic E-state index is 2.40. The van der Waals surface area contributed by atoms with E-state index in [1.54, 1.807) is 0 Å². The molecule has 0 heteroatoms. The number of hydrogen-bond donors (Lipinski definition) is 0. The highest BCUT2D eigenvalue weighted by molar-refractivity contribution is 4.99. The van der Waals surface area contributed by atoms with Crippen LogP contribution in [0.2, 0.25) is 0 Å². The molecule has 2 unspecified atom stereocenters. The molecule has 0 aromatic heterocycles. The molecule has 0 fully saturated rings. The van der Waals surface area contributed by atoms with Gasteiger partial charge < -0.3 is 0 Å². The lowest BCUT2D eigenvalue weighted by Crippen LogP contribution is -2.22. The third kappa shape index (κ3) is 2.36. The van der Waals surface area contributed by atoms with Crippen molar-refractivity contribution in [2.45, 2.75) is 40.5 Å². The zero-order valence-electron chi connectivity index (χ0n) is 8.22. The average Bonchev–Trinajstić information content (AvgIpc) is 1.86. The number of rotatable bonds is 0. The fourth-order valence-corrected chi connectivity index (χ4v) is 1.73. The van der Waals surface area contributed by atoms with E-state index in [4.69, 9.17) is 0 Å². The Morgan fingerprint density at radius 3 is 2.27 bits per heavy atom. The molecule has 1 aliphatic carbocycles. The number of allylic oxidation sites excluding steroid dienone is 2. The van der Waals surface area contributed by atoms with Crippen LogP contribution in [-0.2, 0) is 0 Å². The Bertz CT molecular complexity index is 148. The molecular weight excluding hydrogens is 132 g/mol. The summed E-state index contributed by atoms with van der Waals surface area (Å²) in [6.45, 7) is 9.35. The van der Waals surface area contributed by atoms with Crippen LogP contribution in [0.1, 0.15) is 40.5 Å². The minimum absolute atomic E-state index is 0.463. The van der Waals surface area contributed by atoms with Gasteiger partial charge in [-0.2, -0.15) is 0 Å². The van der Waals surface area contributed by atoms with Crippen molar-refractivity contribution in [2.75, 3.05) is 0 Å². The average molecular weight is 152 g/mol. The first kappa shape index (κ1) is 8.83. The zero-order chi connectivity index (χ0) is 8.48. The van der Waals surface area contributed by atoms with E-state index in [0.717, 1.165) is 11.8 Å². The lowest BCUT2D eigenvalue weighted by molar-refractivity contribution is 0.239. The van der Waals surface area contributed by atoms with Crippen LogP contribution in [0.25, 0.3) is 0 Å². The first-order valence-corrected chi connectivity index (χ1v) is 4.67. The second-order valence-corrected chi connectivity index (χ2v) is 4.98. The van der Waals surface area contributed by atoms with E-state index in [0.29, 0.717) is 5.41 Å². The van der Waals surface area contributed by atoms with Gasteiger partial charge in [-0.1, -0.05) is 39.8 Å². The highest BCUT2D eigenvalue weighted by atomic mass is 14.3. The smallest absolute Gasteiger partial charge is 0.0182 e. The van der Waals surface area contributed by atoms with Crippen LogP contribution in [-0.4, -0.2) is 0 Å². The molecule has 0 aliphatic heterocycles. The molecule has 0 heterocycles. The molecule has 0 aromatic rings. The van der Waals surface area contributed by atoms with Crippen LogP contribution in [0.4, 0.5) is 0 Å². The molecule has 0 spiro atoms. The van der Waals surface area contributed by atoms with Crippen molar-refractivity contribution in [2.24, 2.45) is 17.3 Å². The Morgan fingerprint density at radius 1 is 1.27 bits per heavy atom. The summed E-state index contributed by atoms with van der Waals surface area (Å²) in [7, 11) is 0. The monoisotopic (exact) mass is 152 g/mol. The molecule has 11 heavy (non-hydrogen) atoms. The molecule has 0 saturated heterocycles. The van der Waals surface area contributed by atoms with Gasteiger partial charge in [0.1, 0.15) is 0 Å². The van der Waals surface area contributed by atoms with Gasteiger partial charge in [-0.3, -0.25) is 0 Å². The second-order valence-electron chi connectivity index (χ2n) is 4.98. The summed E-state index contributed by atoms with van der Waals surface area (Å²) >= 11 is 0. The molecule has 0 nitrogen and oxygen atoms in total. The van der Waals surface area contributed by atoms with Gasteiger partial charge in [0, 0.05) is 0 Å². The zero-order valence-corrected chi connectivity index (χ0v) is 8.22. The maximum Gasteiger partial charge on any atom is -0.0182 e. The third-order valence-electron chi connectivity index (χ3n) is 2.68. The van der Waals surface area contributed by atoms with E-state index >= 15 is 0 Å². The minimum atomic E-state index is 0.463. The van der Waals surface area contributed by atoms with Crippen LogP contribution < -0.4 is 0 Å². The van der Waals surface area contributed by atoms with Crippen molar-refractivity contribution in [3.8, 4) is 0 Å². The second kappa shape index (κ2) is 3.00. The normalized spacial score (nSPS) is 32.4. The first-order valence-electron chi connectivity index (χ1n) is 4.67. The van der Waals surface area contributed by atoms with Crippen LogP contribution in [0.5, 0.6) is 0 Å². The summed E-state index contributed by atoms with van der Waals surface area (Å²) in [6, 6.07) is 0. The van der Waals surface area contributed by atoms with Crippen molar-refractivity contribution >= 4 is 0 Å². The lowest BCUT2D eigenvalue weighted by atomic mass is 9.73. The highest BCUT2D eigenvalue weighted by Crippen LogP contribution is 2.35. The standard InChI is InChI=1S/C11H20/c1-9-6-5-7-10(8-9)11(2,3)4/h5,7,9-10H,6,8H2,1-4H3. The summed E-state index contributed by atoms with van der Waals surface area (Å²) in [4.78, 5) is 0. The lowest BCUT2D eigenvalue weighted by Gasteiger charge is -2.32. The summed E-state index contributed by atoms with van der Waals surface area (Å²) < 4.78 is 0. The Kier molecular flexibility index (Phi) is 2.41. The third-order valence-corrected chi connectivity index (χ3v) is 2.68. The van der Waals surface area contributed by atoms with Crippen molar-refractivity contribution in [1.82, 2.24) is 0 Å². The molecule has 0 saturated carbocycles. The van der Waals surface area contributed by atoms with Crippen LogP contribution in [0.3, 0.4) is 0 Å². The van der Waals surface area contributed by atoms with Crippen molar-refractivity contribution in [3.63, 3.8) is 0 Å². The van der Waals surface area contributed by atoms with Crippen LogP contribution >= 0.6 is 0 Å². The summed E-state index contributed by atoms with van der Waals surface area (Å²) in [6.07, 6.45) is 7.41. The SMILES string of the molecule is CC1CC=CC(C(C)(C)C)C1. The van der Waals surface area contributed by atoms with E-state index in [9.17, 15) is 0 Å². The molecule has 1 rings (SSSR count). The summed E-state index contributed by atoms with van der Waals surface area (Å²) in [5, 5.41) is 0. The van der Waals surface area contributed by atoms with Crippen LogP contribution in [0, 0.1) is 17.3 Å². The Labute approximate surface area is 70.7 Å². The fraction of sp³-hybridized carbons (Fsp3) is 0.818. The van der Waals surface area contributed by atoms with Crippen molar-refractivity contribution in [1.29, 1.82) is 0 Å². The van der Waals surface area contributed by atoms with E-state index in [1.807, 2.05) is 0 Å². The molecule has 0 radical (unpaired) electrons. The van der Waals surface area contributed by atoms with Crippen molar-refractivity contribution < 1.29 is 0 Å². The Morgan fingerprint density at radius 2 is 1.91 bits per heavy atom. The topological polar surface area (TPSA) is 0 Å². The fourth-order valence-electron chi connectivity index (χ4n) is 1.73. The molecule has 64 valence electrons. The minimum Gasteiger partial charge on any atom is -0.0880 e. The van der Waals surface area contributed by atoms with Gasteiger partial charge in [-0.05, 0) is 30.1 Å². The van der Waals surface area contributed by atoms with Gasteiger partial charge >= 0.3 is 0 Å². The van der Waals surface area contributed by atoms with E-state index in [2.05, 4.69) is 39.8 Å². The molecule has 1 aliphatic rings. The summed E-state index contributed by atoms with van der Waals surface area (Å²) in [5.74, 6) is 1.69. The Balaban J connectivity index is 2.60. The van der Waals surface area contributed by atoms with Gasteiger partial charge in [0.2, 0.25) is 0 Å². The number of hydrogen-bond acceptors (Lipinski definition) is 0. The van der Waals surface area contributed by atoms with Gasteiger partial charge in [0.15, 0.2) is 0 Å². The molecule has 0 bridgehead atoms. The summed E-state index contributed by atoms with van der Waals surface area (Å²) in [5.41, 5.74) is 0.463. The molecule has 2 atom stereocenters. The quantitative estimate of drug-likeness (QED) is 0.465. The van der Waals surface area contributed by atoms with Crippen molar-refractivity contribution in [3.05, 3.63) is 12.2 Å². The molecule has 0 aromatic carbocycles. The van der Waals surface area contributed by atoms with E-state index in [1.165, 1.54) is 12.8 Å². The van der Waals surface area contributed by atoms with Gasteiger partial charge in [-0.25, -0.2) is 0 Å². The van der Waals surface area contributed by atoms with Crippen LogP contribution in [0.15, 0.2) is 12.2 Å². The van der Waals surface area contributed by atoms with Gasteiger partial charge in [0.05, 0.1) is 0 Å². The van der Waals surface area contributed by atoms with E-state index < -0.39 is 0 Å².